The largest absolute Gasteiger partial charge is 0.497 e. The highest BCUT2D eigenvalue weighted by atomic mass is 35.5. The Morgan fingerprint density at radius 3 is 2.65 bits per heavy atom. The van der Waals surface area contributed by atoms with Crippen molar-refractivity contribution in [3.8, 4) is 5.75 Å². The molecule has 0 aliphatic carbocycles. The first kappa shape index (κ1) is 14.4. The Morgan fingerprint density at radius 2 is 1.95 bits per heavy atom. The number of hydrogen-bond acceptors (Lipinski definition) is 2. The maximum atomic E-state index is 12.2. The monoisotopic (exact) mass is 289 g/mol. The number of ether oxygens (including phenoxy) is 1. The van der Waals surface area contributed by atoms with Crippen molar-refractivity contribution in [1.82, 2.24) is 5.32 Å². The number of hydrogen-bond donors (Lipinski definition) is 1. The fraction of sp³-hybridized carbons (Fsp3) is 0.188. The lowest BCUT2D eigenvalue weighted by Crippen LogP contribution is -2.26. The fourth-order valence-electron chi connectivity index (χ4n) is 1.91. The fourth-order valence-corrected chi connectivity index (χ4v) is 2.14. The molecule has 20 heavy (non-hydrogen) atoms. The molecule has 1 amide bonds. The van der Waals surface area contributed by atoms with E-state index in [9.17, 15) is 4.79 Å². The van der Waals surface area contributed by atoms with Gasteiger partial charge in [0.2, 0.25) is 0 Å². The van der Waals surface area contributed by atoms with Gasteiger partial charge in [0.05, 0.1) is 23.7 Å². The number of halogens is 1. The molecule has 1 N–H and O–H groups in total. The number of carbonyl (C=O) groups excluding carboxylic acids is 1. The maximum absolute atomic E-state index is 12.2. The first-order valence-electron chi connectivity index (χ1n) is 6.31. The van der Waals surface area contributed by atoms with E-state index in [2.05, 4.69) is 5.32 Å². The number of nitrogens with one attached hydrogen (secondary N) is 1. The molecule has 0 heterocycles. The van der Waals surface area contributed by atoms with Gasteiger partial charge < -0.3 is 10.1 Å². The summed E-state index contributed by atoms with van der Waals surface area (Å²) in [5, 5.41) is 3.37. The molecule has 0 fully saturated rings. The molecule has 0 saturated carbocycles. The molecule has 2 aromatic carbocycles. The Hall–Kier alpha value is -2.00. The molecule has 2 aromatic rings. The third-order valence-corrected chi connectivity index (χ3v) is 3.39. The quantitative estimate of drug-likeness (QED) is 0.929. The van der Waals surface area contributed by atoms with E-state index in [4.69, 9.17) is 16.3 Å². The van der Waals surface area contributed by atoms with Crippen LogP contribution in [-0.2, 0) is 0 Å². The molecule has 2 rings (SSSR count). The summed E-state index contributed by atoms with van der Waals surface area (Å²) in [4.78, 5) is 12.2. The van der Waals surface area contributed by atoms with Crippen LogP contribution in [0.1, 0.15) is 28.9 Å². The van der Waals surface area contributed by atoms with Crippen molar-refractivity contribution in [2.45, 2.75) is 13.0 Å². The smallest absolute Gasteiger partial charge is 0.253 e. The van der Waals surface area contributed by atoms with Crippen LogP contribution in [0.5, 0.6) is 5.75 Å². The Balaban J connectivity index is 2.13. The van der Waals surface area contributed by atoms with Crippen molar-refractivity contribution in [2.75, 3.05) is 7.11 Å². The molecular formula is C16H16ClNO2. The summed E-state index contributed by atoms with van der Waals surface area (Å²) >= 11 is 6.02. The van der Waals surface area contributed by atoms with Crippen LogP contribution in [0.3, 0.4) is 0 Å². The Labute approximate surface area is 123 Å². The Morgan fingerprint density at radius 1 is 1.20 bits per heavy atom. The van der Waals surface area contributed by atoms with Gasteiger partial charge in [-0.25, -0.2) is 0 Å². The molecule has 0 aliphatic heterocycles. The number of rotatable bonds is 4. The highest BCUT2D eigenvalue weighted by molar-refractivity contribution is 6.33. The number of amides is 1. The predicted octanol–water partition coefficient (Wildman–Crippen LogP) is 3.84. The zero-order valence-corrected chi connectivity index (χ0v) is 12.1. The molecule has 0 bridgehead atoms. The summed E-state index contributed by atoms with van der Waals surface area (Å²) < 4.78 is 5.18. The lowest BCUT2D eigenvalue weighted by atomic mass is 10.1. The molecule has 0 unspecified atom stereocenters. The summed E-state index contributed by atoms with van der Waals surface area (Å²) in [5.74, 6) is 0.576. The minimum atomic E-state index is -0.189. The number of benzene rings is 2. The van der Waals surface area contributed by atoms with E-state index in [-0.39, 0.29) is 11.9 Å². The van der Waals surface area contributed by atoms with Crippen molar-refractivity contribution in [3.05, 3.63) is 64.7 Å². The lowest BCUT2D eigenvalue weighted by molar-refractivity contribution is 0.0940. The summed E-state index contributed by atoms with van der Waals surface area (Å²) in [6.07, 6.45) is 0. The second-order valence-electron chi connectivity index (χ2n) is 4.45. The zero-order chi connectivity index (χ0) is 14.5. The van der Waals surface area contributed by atoms with Crippen molar-refractivity contribution in [3.63, 3.8) is 0 Å². The summed E-state index contributed by atoms with van der Waals surface area (Å²) in [5.41, 5.74) is 1.45. The van der Waals surface area contributed by atoms with Gasteiger partial charge in [0.15, 0.2) is 0 Å². The van der Waals surface area contributed by atoms with Crippen molar-refractivity contribution in [1.29, 1.82) is 0 Å². The maximum Gasteiger partial charge on any atom is 0.253 e. The molecule has 1 atom stereocenters. The Bertz CT molecular complexity index is 613. The second kappa shape index (κ2) is 6.44. The molecule has 3 nitrogen and oxygen atoms in total. The van der Waals surface area contributed by atoms with Crippen LogP contribution in [0.4, 0.5) is 0 Å². The molecule has 0 saturated heterocycles. The molecule has 4 heteroatoms. The van der Waals surface area contributed by atoms with Gasteiger partial charge in [-0.2, -0.15) is 0 Å². The highest BCUT2D eigenvalue weighted by Crippen LogP contribution is 2.20. The van der Waals surface area contributed by atoms with E-state index in [0.29, 0.717) is 10.6 Å². The van der Waals surface area contributed by atoms with E-state index in [1.807, 2.05) is 31.2 Å². The van der Waals surface area contributed by atoms with Crippen LogP contribution in [0.15, 0.2) is 48.5 Å². The summed E-state index contributed by atoms with van der Waals surface area (Å²) in [7, 11) is 1.62. The number of carbonyl (C=O) groups is 1. The SMILES string of the molecule is COc1cccc([C@@H](C)NC(=O)c2ccccc2Cl)c1. The third kappa shape index (κ3) is 3.31. The minimum absolute atomic E-state index is 0.131. The van der Waals surface area contributed by atoms with Gasteiger partial charge in [0, 0.05) is 0 Å². The third-order valence-electron chi connectivity index (χ3n) is 3.06. The Kier molecular flexibility index (Phi) is 4.64. The van der Waals surface area contributed by atoms with Crippen LogP contribution in [0, 0.1) is 0 Å². The van der Waals surface area contributed by atoms with Crippen molar-refractivity contribution in [2.24, 2.45) is 0 Å². The van der Waals surface area contributed by atoms with Crippen molar-refractivity contribution < 1.29 is 9.53 Å². The van der Waals surface area contributed by atoms with Crippen LogP contribution >= 0.6 is 11.6 Å². The predicted molar refractivity (Wildman–Crippen MR) is 80.3 cm³/mol. The van der Waals surface area contributed by atoms with E-state index >= 15 is 0 Å². The standard InChI is InChI=1S/C16H16ClNO2/c1-11(12-6-5-7-13(10-12)20-2)18-16(19)14-8-3-4-9-15(14)17/h3-11H,1-2H3,(H,18,19)/t11-/m1/s1. The van der Waals surface area contributed by atoms with E-state index in [0.717, 1.165) is 11.3 Å². The first-order valence-corrected chi connectivity index (χ1v) is 6.69. The highest BCUT2D eigenvalue weighted by Gasteiger charge is 2.14. The van der Waals surface area contributed by atoms with Crippen molar-refractivity contribution >= 4 is 17.5 Å². The van der Waals surface area contributed by atoms with Crippen LogP contribution in [-0.4, -0.2) is 13.0 Å². The molecule has 0 aliphatic rings. The van der Waals surface area contributed by atoms with Gasteiger partial charge in [0.25, 0.3) is 5.91 Å². The van der Waals surface area contributed by atoms with Gasteiger partial charge in [-0.3, -0.25) is 4.79 Å². The summed E-state index contributed by atoms with van der Waals surface area (Å²) in [6.45, 7) is 1.92. The van der Waals surface area contributed by atoms with Gasteiger partial charge in [-0.05, 0) is 36.8 Å². The van der Waals surface area contributed by atoms with Gasteiger partial charge in [-0.15, -0.1) is 0 Å². The molecule has 0 spiro atoms. The second-order valence-corrected chi connectivity index (χ2v) is 4.86. The van der Waals surface area contributed by atoms with Gasteiger partial charge in [0.1, 0.15) is 5.75 Å². The molecule has 104 valence electrons. The zero-order valence-electron chi connectivity index (χ0n) is 11.4. The van der Waals surface area contributed by atoms with Crippen LogP contribution in [0.25, 0.3) is 0 Å². The molecule has 0 aromatic heterocycles. The minimum Gasteiger partial charge on any atom is -0.497 e. The summed E-state index contributed by atoms with van der Waals surface area (Å²) in [6, 6.07) is 14.5. The topological polar surface area (TPSA) is 38.3 Å². The number of methoxy groups -OCH3 is 1. The van der Waals surface area contributed by atoms with Crippen LogP contribution < -0.4 is 10.1 Å². The van der Waals surface area contributed by atoms with E-state index in [1.54, 1.807) is 31.4 Å². The van der Waals surface area contributed by atoms with Gasteiger partial charge >= 0.3 is 0 Å². The van der Waals surface area contributed by atoms with E-state index in [1.165, 1.54) is 0 Å². The average molecular weight is 290 g/mol. The molecule has 0 radical (unpaired) electrons. The molecular weight excluding hydrogens is 274 g/mol. The normalized spacial score (nSPS) is 11.8. The van der Waals surface area contributed by atoms with Gasteiger partial charge in [-0.1, -0.05) is 35.9 Å². The average Bonchev–Trinajstić information content (AvgIpc) is 2.47. The lowest BCUT2D eigenvalue weighted by Gasteiger charge is -2.15. The van der Waals surface area contributed by atoms with Crippen LogP contribution in [0.2, 0.25) is 5.02 Å². The van der Waals surface area contributed by atoms with E-state index < -0.39 is 0 Å². The first-order chi connectivity index (χ1) is 9.61.